The van der Waals surface area contributed by atoms with Crippen molar-refractivity contribution in [3.05, 3.63) is 41.1 Å². The number of carbonyl (C=O) groups excluding carboxylic acids is 1. The van der Waals surface area contributed by atoms with E-state index in [1.54, 1.807) is 29.1 Å². The van der Waals surface area contributed by atoms with Crippen LogP contribution in [0, 0.1) is 0 Å². The molecule has 0 saturated carbocycles. The number of nitrogen functional groups attached to an aromatic ring is 1. The lowest BCUT2D eigenvalue weighted by Crippen LogP contribution is -2.37. The number of aryl methyl sites for hydroxylation is 1. The van der Waals surface area contributed by atoms with Crippen LogP contribution in [0.2, 0.25) is 5.02 Å². The molecule has 2 N–H and O–H groups in total. The Morgan fingerprint density at radius 3 is 3.00 bits per heavy atom. The van der Waals surface area contributed by atoms with Crippen LogP contribution in [-0.2, 0) is 13.6 Å². The summed E-state index contributed by atoms with van der Waals surface area (Å²) < 4.78 is 1.77. The first-order chi connectivity index (χ1) is 11.4. The van der Waals surface area contributed by atoms with Crippen LogP contribution < -0.4 is 5.73 Å². The van der Waals surface area contributed by atoms with Crippen molar-refractivity contribution in [3.63, 3.8) is 0 Å². The van der Waals surface area contributed by atoms with Gasteiger partial charge in [-0.05, 0) is 25.6 Å². The van der Waals surface area contributed by atoms with Crippen LogP contribution in [0.4, 0.5) is 5.82 Å². The van der Waals surface area contributed by atoms with E-state index in [2.05, 4.69) is 14.9 Å². The average Bonchev–Trinajstić information content (AvgIpc) is 3.13. The Bertz CT molecular complexity index is 746. The number of rotatable bonds is 4. The highest BCUT2D eigenvalue weighted by Gasteiger charge is 2.30. The van der Waals surface area contributed by atoms with Crippen molar-refractivity contribution in [3.8, 4) is 0 Å². The zero-order chi connectivity index (χ0) is 17.3. The lowest BCUT2D eigenvalue weighted by atomic mass is 10.2. The monoisotopic (exact) mass is 348 g/mol. The molecule has 0 aromatic carbocycles. The van der Waals surface area contributed by atoms with Crippen molar-refractivity contribution in [2.24, 2.45) is 7.05 Å². The second-order valence-electron chi connectivity index (χ2n) is 6.16. The van der Waals surface area contributed by atoms with Crippen molar-refractivity contribution in [1.29, 1.82) is 0 Å². The highest BCUT2D eigenvalue weighted by molar-refractivity contribution is 6.31. The molecule has 0 aliphatic carbocycles. The summed E-state index contributed by atoms with van der Waals surface area (Å²) in [5, 5.41) is 0.576. The molecule has 3 rings (SSSR count). The molecule has 1 atom stereocenters. The fraction of sp³-hybridized carbons (Fsp3) is 0.438. The van der Waals surface area contributed by atoms with E-state index in [-0.39, 0.29) is 11.9 Å². The molecule has 0 spiro atoms. The molecule has 1 aliphatic heterocycles. The third-order valence-corrected chi connectivity index (χ3v) is 4.59. The minimum absolute atomic E-state index is 0.0144. The Hall–Kier alpha value is -2.12. The second-order valence-corrected chi connectivity index (χ2v) is 6.60. The van der Waals surface area contributed by atoms with Crippen LogP contribution in [-0.4, -0.2) is 56.4 Å². The molecule has 8 heteroatoms. The van der Waals surface area contributed by atoms with Gasteiger partial charge in [-0.25, -0.2) is 9.97 Å². The third kappa shape index (κ3) is 3.52. The van der Waals surface area contributed by atoms with E-state index in [9.17, 15) is 4.79 Å². The molecule has 0 radical (unpaired) electrons. The minimum atomic E-state index is 0.0144. The fourth-order valence-electron chi connectivity index (χ4n) is 3.03. The van der Waals surface area contributed by atoms with E-state index in [1.807, 2.05) is 19.0 Å². The second kappa shape index (κ2) is 6.78. The number of aromatic nitrogens is 3. The zero-order valence-electron chi connectivity index (χ0n) is 13.8. The third-order valence-electron chi connectivity index (χ3n) is 4.38. The van der Waals surface area contributed by atoms with Crippen molar-refractivity contribution < 1.29 is 4.79 Å². The summed E-state index contributed by atoms with van der Waals surface area (Å²) in [7, 11) is 3.85. The number of carbonyl (C=O) groups is 1. The normalized spacial score (nSPS) is 17.7. The summed E-state index contributed by atoms with van der Waals surface area (Å²) in [5.74, 6) is 1.18. The number of anilines is 1. The highest BCUT2D eigenvalue weighted by Crippen LogP contribution is 2.20. The topological polar surface area (TPSA) is 80.3 Å². The smallest absolute Gasteiger partial charge is 0.270 e. The van der Waals surface area contributed by atoms with Gasteiger partial charge in [-0.3, -0.25) is 9.69 Å². The molecule has 2 aromatic heterocycles. The lowest BCUT2D eigenvalue weighted by molar-refractivity contribution is 0.0770. The van der Waals surface area contributed by atoms with Gasteiger partial charge < -0.3 is 15.2 Å². The molecule has 1 amide bonds. The summed E-state index contributed by atoms with van der Waals surface area (Å²) >= 11 is 5.97. The van der Waals surface area contributed by atoms with Crippen LogP contribution in [0.5, 0.6) is 0 Å². The Balaban J connectivity index is 1.62. The van der Waals surface area contributed by atoms with Crippen LogP contribution in [0.1, 0.15) is 22.7 Å². The molecular formula is C16H21ClN6O. The van der Waals surface area contributed by atoms with Crippen LogP contribution in [0.15, 0.2) is 24.5 Å². The van der Waals surface area contributed by atoms with E-state index < -0.39 is 0 Å². The molecule has 1 saturated heterocycles. The zero-order valence-corrected chi connectivity index (χ0v) is 14.6. The summed E-state index contributed by atoms with van der Waals surface area (Å²) in [4.78, 5) is 25.1. The van der Waals surface area contributed by atoms with Gasteiger partial charge in [0.15, 0.2) is 0 Å². The van der Waals surface area contributed by atoms with E-state index in [0.29, 0.717) is 35.4 Å². The first-order valence-electron chi connectivity index (χ1n) is 7.83. The van der Waals surface area contributed by atoms with Gasteiger partial charge in [0.1, 0.15) is 17.3 Å². The van der Waals surface area contributed by atoms with Crippen molar-refractivity contribution in [2.75, 3.05) is 25.9 Å². The van der Waals surface area contributed by atoms with E-state index in [1.165, 1.54) is 0 Å². The number of nitrogens with two attached hydrogens (primary N) is 1. The molecule has 1 fully saturated rings. The molecule has 0 bridgehead atoms. The maximum atomic E-state index is 12.6. The lowest BCUT2D eigenvalue weighted by Gasteiger charge is -2.24. The molecular weight excluding hydrogens is 328 g/mol. The fourth-order valence-corrected chi connectivity index (χ4v) is 3.28. The predicted octanol–water partition coefficient (Wildman–Crippen LogP) is 1.40. The van der Waals surface area contributed by atoms with Gasteiger partial charge in [0.2, 0.25) is 0 Å². The van der Waals surface area contributed by atoms with Crippen LogP contribution in [0.3, 0.4) is 0 Å². The quantitative estimate of drug-likeness (QED) is 0.903. The highest BCUT2D eigenvalue weighted by atomic mass is 35.5. The van der Waals surface area contributed by atoms with Gasteiger partial charge in [-0.2, -0.15) is 0 Å². The number of likely N-dealkylation sites (tertiary alicyclic amines) is 1. The van der Waals surface area contributed by atoms with Gasteiger partial charge in [-0.15, -0.1) is 0 Å². The maximum absolute atomic E-state index is 12.6. The summed E-state index contributed by atoms with van der Waals surface area (Å²) in [6.45, 7) is 2.02. The largest absolute Gasteiger partial charge is 0.384 e. The number of halogens is 1. The number of hydrogen-bond donors (Lipinski definition) is 1. The van der Waals surface area contributed by atoms with Crippen molar-refractivity contribution >= 4 is 23.3 Å². The Morgan fingerprint density at radius 1 is 1.54 bits per heavy atom. The molecule has 0 unspecified atom stereocenters. The SMILES string of the molecule is CN(Cc1nccc(N)n1)[C@@H]1CCN(C(=O)c2cc(Cl)cn2C)C1. The molecule has 24 heavy (non-hydrogen) atoms. The number of nitrogens with zero attached hydrogens (tertiary/aromatic N) is 5. The summed E-state index contributed by atoms with van der Waals surface area (Å²) in [5.41, 5.74) is 6.31. The first-order valence-corrected chi connectivity index (χ1v) is 8.20. The summed E-state index contributed by atoms with van der Waals surface area (Å²) in [6.07, 6.45) is 4.32. The standard InChI is InChI=1S/C16H21ClN6O/c1-21(10-15-19-5-3-14(18)20-15)12-4-6-23(9-12)16(24)13-7-11(17)8-22(13)2/h3,5,7-8,12H,4,6,9-10H2,1-2H3,(H2,18,19,20)/t12-/m1/s1. The van der Waals surface area contributed by atoms with Crippen LogP contribution in [0.25, 0.3) is 0 Å². The Morgan fingerprint density at radius 2 is 2.33 bits per heavy atom. The Kier molecular flexibility index (Phi) is 4.73. The minimum Gasteiger partial charge on any atom is -0.384 e. The molecule has 128 valence electrons. The maximum Gasteiger partial charge on any atom is 0.270 e. The van der Waals surface area contributed by atoms with E-state index in [4.69, 9.17) is 17.3 Å². The van der Waals surface area contributed by atoms with Gasteiger partial charge in [0.25, 0.3) is 5.91 Å². The Labute approximate surface area is 146 Å². The molecule has 2 aromatic rings. The number of hydrogen-bond acceptors (Lipinski definition) is 5. The average molecular weight is 349 g/mol. The number of amides is 1. The summed E-state index contributed by atoms with van der Waals surface area (Å²) in [6, 6.07) is 3.65. The first kappa shape index (κ1) is 16.7. The van der Waals surface area contributed by atoms with Gasteiger partial charge in [0.05, 0.1) is 11.6 Å². The van der Waals surface area contributed by atoms with Crippen molar-refractivity contribution in [1.82, 2.24) is 24.3 Å². The van der Waals surface area contributed by atoms with Gasteiger partial charge in [-0.1, -0.05) is 11.6 Å². The van der Waals surface area contributed by atoms with Crippen molar-refractivity contribution in [2.45, 2.75) is 19.0 Å². The molecule has 3 heterocycles. The van der Waals surface area contributed by atoms with E-state index >= 15 is 0 Å². The predicted molar refractivity (Wildman–Crippen MR) is 92.6 cm³/mol. The molecule has 7 nitrogen and oxygen atoms in total. The molecule has 1 aliphatic rings. The van der Waals surface area contributed by atoms with Gasteiger partial charge in [0, 0.05) is 38.6 Å². The van der Waals surface area contributed by atoms with E-state index in [0.717, 1.165) is 13.0 Å². The van der Waals surface area contributed by atoms with Crippen LogP contribution >= 0.6 is 11.6 Å². The van der Waals surface area contributed by atoms with Gasteiger partial charge >= 0.3 is 0 Å². The number of likely N-dealkylation sites (N-methyl/N-ethyl adjacent to an activating group) is 1.